The first kappa shape index (κ1) is 18.0. The lowest BCUT2D eigenvalue weighted by Gasteiger charge is -2.33. The van der Waals surface area contributed by atoms with Crippen molar-refractivity contribution in [2.24, 2.45) is 0 Å². The molecule has 4 rings (SSSR count). The summed E-state index contributed by atoms with van der Waals surface area (Å²) in [6.07, 6.45) is 0. The molecular weight excluding hydrogens is 358 g/mol. The standard InChI is InChI=1S/C20H21N5O3/c1-12-9-16(13(2)25(12)15-7-5-4-6-8-15)19(26)24-11-18-22-21-14(3)23(18)10-17(24)20(27)28/h4-9,17H,10-11H2,1-3H3,(H,27,28). The molecule has 1 atom stereocenters. The quantitative estimate of drug-likeness (QED) is 0.752. The summed E-state index contributed by atoms with van der Waals surface area (Å²) in [6.45, 7) is 5.85. The van der Waals surface area contributed by atoms with Crippen LogP contribution in [0.4, 0.5) is 0 Å². The molecule has 1 aliphatic heterocycles. The van der Waals surface area contributed by atoms with Gasteiger partial charge in [-0.15, -0.1) is 10.2 Å². The van der Waals surface area contributed by atoms with Crippen LogP contribution in [-0.2, 0) is 17.9 Å². The van der Waals surface area contributed by atoms with Gasteiger partial charge < -0.3 is 19.1 Å². The van der Waals surface area contributed by atoms with Crippen molar-refractivity contribution in [3.63, 3.8) is 0 Å². The van der Waals surface area contributed by atoms with Gasteiger partial charge in [-0.3, -0.25) is 4.79 Å². The second-order valence-electron chi connectivity index (χ2n) is 7.02. The van der Waals surface area contributed by atoms with Gasteiger partial charge in [0.05, 0.1) is 18.7 Å². The minimum absolute atomic E-state index is 0.117. The molecule has 0 fully saturated rings. The Kier molecular flexibility index (Phi) is 4.26. The molecule has 0 radical (unpaired) electrons. The van der Waals surface area contributed by atoms with Crippen molar-refractivity contribution in [3.05, 3.63) is 65.0 Å². The first-order valence-electron chi connectivity index (χ1n) is 9.05. The molecule has 1 amide bonds. The number of fused-ring (bicyclic) bond motifs is 1. The van der Waals surface area contributed by atoms with Gasteiger partial charge in [-0.25, -0.2) is 4.79 Å². The molecule has 1 aliphatic rings. The van der Waals surface area contributed by atoms with Crippen molar-refractivity contribution >= 4 is 11.9 Å². The number of hydrogen-bond acceptors (Lipinski definition) is 4. The number of aliphatic carboxylic acids is 1. The molecule has 1 N–H and O–H groups in total. The van der Waals surface area contributed by atoms with Crippen molar-refractivity contribution in [3.8, 4) is 5.69 Å². The van der Waals surface area contributed by atoms with E-state index in [4.69, 9.17) is 0 Å². The second-order valence-corrected chi connectivity index (χ2v) is 7.02. The number of aromatic nitrogens is 4. The third kappa shape index (κ3) is 2.77. The number of nitrogens with zero attached hydrogens (tertiary/aromatic N) is 5. The Morgan fingerprint density at radius 1 is 1.11 bits per heavy atom. The molecule has 0 saturated carbocycles. The third-order valence-electron chi connectivity index (χ3n) is 5.28. The van der Waals surface area contributed by atoms with Crippen LogP contribution in [0.15, 0.2) is 36.4 Å². The Morgan fingerprint density at radius 2 is 1.82 bits per heavy atom. The number of carbonyl (C=O) groups is 2. The average molecular weight is 379 g/mol. The number of amides is 1. The third-order valence-corrected chi connectivity index (χ3v) is 5.28. The molecule has 144 valence electrons. The van der Waals surface area contributed by atoms with Gasteiger partial charge in [0.1, 0.15) is 11.9 Å². The number of carboxylic acids is 1. The van der Waals surface area contributed by atoms with Gasteiger partial charge in [0.25, 0.3) is 5.91 Å². The number of carbonyl (C=O) groups excluding carboxylic acids is 1. The maximum Gasteiger partial charge on any atom is 0.328 e. The summed E-state index contributed by atoms with van der Waals surface area (Å²) in [5, 5.41) is 17.8. The van der Waals surface area contributed by atoms with E-state index < -0.39 is 12.0 Å². The Labute approximate surface area is 162 Å². The Hall–Kier alpha value is -3.42. The van der Waals surface area contributed by atoms with Gasteiger partial charge in [-0.05, 0) is 39.0 Å². The van der Waals surface area contributed by atoms with Crippen LogP contribution in [-0.4, -0.2) is 47.3 Å². The summed E-state index contributed by atoms with van der Waals surface area (Å²) < 4.78 is 3.76. The Morgan fingerprint density at radius 3 is 2.50 bits per heavy atom. The fourth-order valence-corrected chi connectivity index (χ4v) is 3.85. The topological polar surface area (TPSA) is 93.2 Å². The molecule has 8 heteroatoms. The number of carboxylic acid groups (broad SMARTS) is 1. The minimum atomic E-state index is -1.04. The highest BCUT2D eigenvalue weighted by atomic mass is 16.4. The zero-order valence-corrected chi connectivity index (χ0v) is 16.0. The van der Waals surface area contributed by atoms with Gasteiger partial charge in [0, 0.05) is 17.1 Å². The van der Waals surface area contributed by atoms with Crippen LogP contribution >= 0.6 is 0 Å². The van der Waals surface area contributed by atoms with Crippen LogP contribution in [0.2, 0.25) is 0 Å². The zero-order valence-electron chi connectivity index (χ0n) is 16.0. The lowest BCUT2D eigenvalue weighted by molar-refractivity contribution is -0.143. The molecule has 3 aromatic rings. The van der Waals surface area contributed by atoms with Crippen molar-refractivity contribution in [1.29, 1.82) is 0 Å². The minimum Gasteiger partial charge on any atom is -0.480 e. The van der Waals surface area contributed by atoms with Gasteiger partial charge in [-0.2, -0.15) is 0 Å². The smallest absolute Gasteiger partial charge is 0.328 e. The lowest BCUT2D eigenvalue weighted by atomic mass is 10.1. The number of hydrogen-bond donors (Lipinski definition) is 1. The largest absolute Gasteiger partial charge is 0.480 e. The van der Waals surface area contributed by atoms with Crippen LogP contribution in [0, 0.1) is 20.8 Å². The second kappa shape index (κ2) is 6.63. The molecule has 1 unspecified atom stereocenters. The average Bonchev–Trinajstić information content (AvgIpc) is 3.20. The number of rotatable bonds is 3. The van der Waals surface area contributed by atoms with Crippen LogP contribution in [0.3, 0.4) is 0 Å². The van der Waals surface area contributed by atoms with E-state index in [0.29, 0.717) is 17.2 Å². The van der Waals surface area contributed by atoms with E-state index in [9.17, 15) is 14.7 Å². The number of aryl methyl sites for hydroxylation is 2. The maximum atomic E-state index is 13.3. The first-order valence-corrected chi connectivity index (χ1v) is 9.05. The molecule has 3 heterocycles. The van der Waals surface area contributed by atoms with Crippen LogP contribution in [0.1, 0.15) is 33.4 Å². The van der Waals surface area contributed by atoms with Gasteiger partial charge >= 0.3 is 5.97 Å². The van der Waals surface area contributed by atoms with Gasteiger partial charge in [0.15, 0.2) is 5.82 Å². The molecule has 28 heavy (non-hydrogen) atoms. The molecule has 8 nitrogen and oxygen atoms in total. The summed E-state index contributed by atoms with van der Waals surface area (Å²) in [6, 6.07) is 10.6. The lowest BCUT2D eigenvalue weighted by Crippen LogP contribution is -2.50. The number of benzene rings is 1. The van der Waals surface area contributed by atoms with E-state index in [1.807, 2.05) is 54.8 Å². The molecule has 0 aliphatic carbocycles. The van der Waals surface area contributed by atoms with E-state index in [1.54, 1.807) is 11.5 Å². The highest BCUT2D eigenvalue weighted by molar-refractivity contribution is 5.98. The molecule has 1 aromatic carbocycles. The summed E-state index contributed by atoms with van der Waals surface area (Å²) >= 11 is 0. The maximum absolute atomic E-state index is 13.3. The summed E-state index contributed by atoms with van der Waals surface area (Å²) in [7, 11) is 0. The van der Waals surface area contributed by atoms with Crippen molar-refractivity contribution in [2.45, 2.75) is 39.9 Å². The van der Waals surface area contributed by atoms with E-state index in [2.05, 4.69) is 10.2 Å². The zero-order chi connectivity index (χ0) is 20.0. The molecule has 0 bridgehead atoms. The normalized spacial score (nSPS) is 16.1. The van der Waals surface area contributed by atoms with Crippen molar-refractivity contribution in [1.82, 2.24) is 24.2 Å². The highest BCUT2D eigenvalue weighted by Crippen LogP contribution is 2.25. The molecule has 2 aromatic heterocycles. The summed E-state index contributed by atoms with van der Waals surface area (Å²) in [5.74, 6) is -0.102. The molecule has 0 saturated heterocycles. The monoisotopic (exact) mass is 379 g/mol. The predicted octanol–water partition coefficient (Wildman–Crippen LogP) is 2.10. The van der Waals surface area contributed by atoms with E-state index in [1.165, 1.54) is 4.90 Å². The summed E-state index contributed by atoms with van der Waals surface area (Å²) in [4.78, 5) is 26.6. The first-order chi connectivity index (χ1) is 13.4. The van der Waals surface area contributed by atoms with Crippen LogP contribution in [0.5, 0.6) is 0 Å². The Balaban J connectivity index is 1.74. The molecular formula is C20H21N5O3. The van der Waals surface area contributed by atoms with E-state index in [-0.39, 0.29) is 19.0 Å². The fraction of sp³-hybridized carbons (Fsp3) is 0.300. The Bertz CT molecular complexity index is 1070. The van der Waals surface area contributed by atoms with Crippen molar-refractivity contribution in [2.75, 3.05) is 0 Å². The SMILES string of the molecule is Cc1nnc2n1CC(C(=O)O)N(C(=O)c1cc(C)n(-c3ccccc3)c1C)C2. The van der Waals surface area contributed by atoms with E-state index in [0.717, 1.165) is 17.1 Å². The fourth-order valence-electron chi connectivity index (χ4n) is 3.85. The van der Waals surface area contributed by atoms with Crippen molar-refractivity contribution < 1.29 is 14.7 Å². The molecule has 0 spiro atoms. The number of para-hydroxylation sites is 1. The van der Waals surface area contributed by atoms with Gasteiger partial charge in [0.2, 0.25) is 0 Å². The highest BCUT2D eigenvalue weighted by Gasteiger charge is 2.37. The van der Waals surface area contributed by atoms with Gasteiger partial charge in [-0.1, -0.05) is 18.2 Å². The van der Waals surface area contributed by atoms with Crippen LogP contribution in [0.25, 0.3) is 5.69 Å². The summed E-state index contributed by atoms with van der Waals surface area (Å²) in [5.41, 5.74) is 3.15. The van der Waals surface area contributed by atoms with E-state index >= 15 is 0 Å². The van der Waals surface area contributed by atoms with Crippen LogP contribution < -0.4 is 0 Å². The predicted molar refractivity (Wildman–Crippen MR) is 101 cm³/mol.